The van der Waals surface area contributed by atoms with E-state index in [1.165, 1.54) is 11.9 Å². The Bertz CT molecular complexity index is 1740. The number of hydrogen-bond donors (Lipinski definition) is 3. The average molecular weight is 585 g/mol. The van der Waals surface area contributed by atoms with E-state index in [-0.39, 0.29) is 24.0 Å². The Kier molecular flexibility index (Phi) is 6.57. The number of halogens is 2. The molecule has 3 aromatic heterocycles. The first kappa shape index (κ1) is 27.3. The van der Waals surface area contributed by atoms with Gasteiger partial charge in [0.2, 0.25) is 5.95 Å². The number of anilines is 4. The molecule has 3 N–H and O–H groups in total. The lowest BCUT2D eigenvalue weighted by atomic mass is 9.90. The first-order chi connectivity index (χ1) is 19.4. The SMILES string of the molecule is Cc1cc(Nc2nc(N(C)c3c(F)cc(S(C)(=O)=O)cc3F)nc(-c3cn(C4CC(O)C4)nc3C)c2C2CC2)n[nH]1. The fraction of sp³-hybridized carbons (Fsp3) is 0.407. The van der Waals surface area contributed by atoms with Crippen LogP contribution in [0.4, 0.5) is 32.1 Å². The molecule has 0 bridgehead atoms. The Labute approximate surface area is 235 Å². The van der Waals surface area contributed by atoms with E-state index < -0.39 is 32.1 Å². The number of aromatic amines is 1. The summed E-state index contributed by atoms with van der Waals surface area (Å²) in [6.07, 6.45) is 5.52. The summed E-state index contributed by atoms with van der Waals surface area (Å²) in [5, 5.41) is 24.9. The largest absolute Gasteiger partial charge is 0.393 e. The Balaban J connectivity index is 1.51. The fourth-order valence-corrected chi connectivity index (χ4v) is 5.76. The van der Waals surface area contributed by atoms with E-state index in [0.717, 1.165) is 53.7 Å². The molecule has 2 aliphatic carbocycles. The molecule has 0 unspecified atom stereocenters. The molecule has 0 atom stereocenters. The quantitative estimate of drug-likeness (QED) is 0.274. The second-order valence-electron chi connectivity index (χ2n) is 10.9. The monoisotopic (exact) mass is 584 g/mol. The summed E-state index contributed by atoms with van der Waals surface area (Å²) in [4.78, 5) is 10.2. The van der Waals surface area contributed by atoms with Gasteiger partial charge in [-0.15, -0.1) is 0 Å². The van der Waals surface area contributed by atoms with Crippen molar-refractivity contribution in [3.05, 3.63) is 53.0 Å². The minimum absolute atomic E-state index is 0.00437. The number of rotatable bonds is 8. The Hall–Kier alpha value is -3.91. The van der Waals surface area contributed by atoms with Crippen LogP contribution in [0.25, 0.3) is 11.3 Å². The summed E-state index contributed by atoms with van der Waals surface area (Å²) in [7, 11) is -2.41. The third-order valence-corrected chi connectivity index (χ3v) is 8.65. The second-order valence-corrected chi connectivity index (χ2v) is 12.9. The minimum Gasteiger partial charge on any atom is -0.393 e. The first-order valence-corrected chi connectivity index (χ1v) is 15.2. The van der Waals surface area contributed by atoms with Gasteiger partial charge < -0.3 is 15.3 Å². The average Bonchev–Trinajstić information content (AvgIpc) is 3.52. The predicted octanol–water partition coefficient (Wildman–Crippen LogP) is 4.45. The van der Waals surface area contributed by atoms with E-state index in [2.05, 4.69) is 15.5 Å². The van der Waals surface area contributed by atoms with Crippen molar-refractivity contribution in [1.82, 2.24) is 29.9 Å². The number of sulfone groups is 1. The third kappa shape index (κ3) is 5.17. The van der Waals surface area contributed by atoms with E-state index in [0.29, 0.717) is 30.2 Å². The van der Waals surface area contributed by atoms with Gasteiger partial charge in [-0.3, -0.25) is 9.78 Å². The minimum atomic E-state index is -3.83. The molecule has 11 nitrogen and oxygen atoms in total. The lowest BCUT2D eigenvalue weighted by molar-refractivity contribution is 0.0433. The molecule has 3 heterocycles. The van der Waals surface area contributed by atoms with Crippen LogP contribution in [0.3, 0.4) is 0 Å². The highest BCUT2D eigenvalue weighted by atomic mass is 32.2. The fourth-order valence-electron chi connectivity index (χ4n) is 5.12. The van der Waals surface area contributed by atoms with E-state index in [1.54, 1.807) is 0 Å². The van der Waals surface area contributed by atoms with Crippen LogP contribution >= 0.6 is 0 Å². The third-order valence-electron chi connectivity index (χ3n) is 7.56. The Morgan fingerprint density at radius 2 is 1.80 bits per heavy atom. The van der Waals surface area contributed by atoms with Crippen molar-refractivity contribution in [2.75, 3.05) is 23.5 Å². The van der Waals surface area contributed by atoms with Crippen molar-refractivity contribution in [2.24, 2.45) is 0 Å². The zero-order valence-electron chi connectivity index (χ0n) is 23.0. The molecule has 0 spiro atoms. The summed E-state index contributed by atoms with van der Waals surface area (Å²) in [6.45, 7) is 3.74. The van der Waals surface area contributed by atoms with Crippen molar-refractivity contribution in [3.63, 3.8) is 0 Å². The lowest BCUT2D eigenvalue weighted by Gasteiger charge is -2.31. The van der Waals surface area contributed by atoms with Crippen molar-refractivity contribution in [3.8, 4) is 11.3 Å². The van der Waals surface area contributed by atoms with Gasteiger partial charge in [-0.25, -0.2) is 22.2 Å². The highest BCUT2D eigenvalue weighted by Crippen LogP contribution is 2.49. The molecule has 4 aromatic rings. The van der Waals surface area contributed by atoms with Crippen LogP contribution in [-0.4, -0.2) is 62.9 Å². The molecule has 2 saturated carbocycles. The van der Waals surface area contributed by atoms with Gasteiger partial charge in [0.25, 0.3) is 0 Å². The lowest BCUT2D eigenvalue weighted by Crippen LogP contribution is -2.31. The number of aliphatic hydroxyl groups is 1. The summed E-state index contributed by atoms with van der Waals surface area (Å²) >= 11 is 0. The second kappa shape index (κ2) is 9.87. The van der Waals surface area contributed by atoms with Crippen molar-refractivity contribution in [1.29, 1.82) is 0 Å². The molecule has 1 aromatic carbocycles. The number of nitrogens with one attached hydrogen (secondary N) is 2. The van der Waals surface area contributed by atoms with Crippen LogP contribution in [0.15, 0.2) is 29.3 Å². The summed E-state index contributed by atoms with van der Waals surface area (Å²) in [5.41, 5.74) is 3.25. The number of benzene rings is 1. The van der Waals surface area contributed by atoms with Crippen LogP contribution in [0, 0.1) is 25.5 Å². The molecular formula is C27H30F2N8O3S. The molecule has 2 aliphatic rings. The molecule has 41 heavy (non-hydrogen) atoms. The maximum absolute atomic E-state index is 15.2. The zero-order valence-corrected chi connectivity index (χ0v) is 23.8. The van der Waals surface area contributed by atoms with Gasteiger partial charge in [0.1, 0.15) is 11.5 Å². The smallest absolute Gasteiger partial charge is 0.232 e. The molecule has 0 aliphatic heterocycles. The number of hydrogen-bond acceptors (Lipinski definition) is 9. The molecule has 14 heteroatoms. The van der Waals surface area contributed by atoms with Crippen LogP contribution in [0.5, 0.6) is 0 Å². The maximum Gasteiger partial charge on any atom is 0.232 e. The molecule has 0 saturated heterocycles. The molecule has 0 radical (unpaired) electrons. The van der Waals surface area contributed by atoms with Gasteiger partial charge in [0, 0.05) is 42.4 Å². The highest BCUT2D eigenvalue weighted by molar-refractivity contribution is 7.90. The maximum atomic E-state index is 15.2. The van der Waals surface area contributed by atoms with Gasteiger partial charge in [-0.2, -0.15) is 15.2 Å². The van der Waals surface area contributed by atoms with E-state index in [9.17, 15) is 13.5 Å². The Morgan fingerprint density at radius 1 is 1.12 bits per heavy atom. The van der Waals surface area contributed by atoms with Crippen molar-refractivity contribution in [2.45, 2.75) is 62.5 Å². The number of aryl methyl sites for hydroxylation is 2. The number of aliphatic hydroxyl groups excluding tert-OH is 1. The van der Waals surface area contributed by atoms with Crippen LogP contribution in [0.2, 0.25) is 0 Å². The highest BCUT2D eigenvalue weighted by Gasteiger charge is 2.35. The van der Waals surface area contributed by atoms with Crippen LogP contribution in [-0.2, 0) is 9.84 Å². The van der Waals surface area contributed by atoms with Gasteiger partial charge in [-0.05, 0) is 57.6 Å². The van der Waals surface area contributed by atoms with Crippen LogP contribution in [0.1, 0.15) is 54.6 Å². The predicted molar refractivity (Wildman–Crippen MR) is 148 cm³/mol. The molecule has 2 fully saturated rings. The number of nitrogens with zero attached hydrogens (tertiary/aromatic N) is 6. The van der Waals surface area contributed by atoms with Gasteiger partial charge >= 0.3 is 0 Å². The van der Waals surface area contributed by atoms with E-state index in [1.807, 2.05) is 30.8 Å². The molecule has 216 valence electrons. The molecular weight excluding hydrogens is 554 g/mol. The van der Waals surface area contributed by atoms with E-state index >= 15 is 8.78 Å². The van der Waals surface area contributed by atoms with Gasteiger partial charge in [0.15, 0.2) is 27.3 Å². The first-order valence-electron chi connectivity index (χ1n) is 13.3. The van der Waals surface area contributed by atoms with Crippen molar-refractivity contribution >= 4 is 33.1 Å². The number of aromatic nitrogens is 6. The number of H-pyrrole nitrogens is 1. The Morgan fingerprint density at radius 3 is 2.37 bits per heavy atom. The summed E-state index contributed by atoms with van der Waals surface area (Å²) in [6, 6.07) is 3.47. The summed E-state index contributed by atoms with van der Waals surface area (Å²) < 4.78 is 56.2. The van der Waals surface area contributed by atoms with Crippen LogP contribution < -0.4 is 10.2 Å². The van der Waals surface area contributed by atoms with E-state index in [4.69, 9.17) is 15.1 Å². The summed E-state index contributed by atoms with van der Waals surface area (Å²) in [5.74, 6) is -0.986. The van der Waals surface area contributed by atoms with Gasteiger partial charge in [0.05, 0.1) is 28.4 Å². The zero-order chi connectivity index (χ0) is 29.2. The van der Waals surface area contributed by atoms with Gasteiger partial charge in [-0.1, -0.05) is 0 Å². The normalized spacial score (nSPS) is 18.8. The molecule has 6 rings (SSSR count). The molecule has 0 amide bonds. The topological polar surface area (TPSA) is 142 Å². The van der Waals surface area contributed by atoms with Crippen molar-refractivity contribution < 1.29 is 22.3 Å². The standard InChI is InChI=1S/C27H30F2N8O3S/c1-13-7-22(34-33-13)30-26-23(15-5-6-15)24(19-12-37(35-14(19)2)16-8-17(38)9-16)31-27(32-26)36(3)25-20(28)10-18(11-21(25)29)41(4,39)40/h7,10-12,15-17,38H,5-6,8-9H2,1-4H3,(H2,30,31,32,33,34).